The van der Waals surface area contributed by atoms with Crippen LogP contribution in [0.1, 0.15) is 53.4 Å². The number of nitro groups is 3. The van der Waals surface area contributed by atoms with E-state index < -0.39 is 43.7 Å². The van der Waals surface area contributed by atoms with Gasteiger partial charge in [-0.25, -0.2) is 4.84 Å². The number of nitrogens with zero attached hydrogens (tertiary/aromatic N) is 4. The van der Waals surface area contributed by atoms with Crippen molar-refractivity contribution in [3.63, 3.8) is 0 Å². The van der Waals surface area contributed by atoms with Crippen LogP contribution in [0.15, 0.2) is 0 Å². The maximum absolute atomic E-state index is 11.5. The average Bonchev–Trinajstić information content (AvgIpc) is 2.74. The molecule has 0 aromatic carbocycles. The highest BCUT2D eigenvalue weighted by molar-refractivity contribution is 4.97. The Kier molecular flexibility index (Phi) is 4.06. The van der Waals surface area contributed by atoms with Crippen LogP contribution in [0.25, 0.3) is 0 Å². The van der Waals surface area contributed by atoms with Gasteiger partial charge >= 0.3 is 5.79 Å². The molecular weight excluding hydrogens is 328 g/mol. The third kappa shape index (κ3) is 2.41. The molecule has 0 atom stereocenters. The Morgan fingerprint density at radius 1 is 1.04 bits per heavy atom. The Balaban J connectivity index is 2.40. The van der Waals surface area contributed by atoms with Gasteiger partial charge in [-0.15, -0.1) is 0 Å². The first-order chi connectivity index (χ1) is 10.8. The minimum absolute atomic E-state index is 0.261. The van der Waals surface area contributed by atoms with Gasteiger partial charge in [-0.3, -0.25) is 35.2 Å². The van der Waals surface area contributed by atoms with Crippen LogP contribution in [0, 0.1) is 30.3 Å². The molecule has 2 fully saturated rings. The molecule has 12 nitrogen and oxygen atoms in total. The fraction of sp³-hybridized carbons (Fsp3) is 1.00. The summed E-state index contributed by atoms with van der Waals surface area (Å²) in [4.78, 5) is 42.3. The van der Waals surface area contributed by atoms with E-state index in [-0.39, 0.29) is 5.23 Å². The van der Waals surface area contributed by atoms with E-state index in [2.05, 4.69) is 0 Å². The van der Waals surface area contributed by atoms with Gasteiger partial charge in [0.05, 0.1) is 5.23 Å². The lowest BCUT2D eigenvalue weighted by Gasteiger charge is -2.37. The fourth-order valence-corrected chi connectivity index (χ4v) is 2.58. The highest BCUT2D eigenvalue weighted by Gasteiger charge is 2.77. The summed E-state index contributed by atoms with van der Waals surface area (Å²) in [6.45, 7) is 5.19. The van der Waals surface area contributed by atoms with Crippen LogP contribution in [0.2, 0.25) is 0 Å². The normalized spacial score (nSPS) is 23.0. The molecule has 1 spiro atoms. The monoisotopic (exact) mass is 348 g/mol. The summed E-state index contributed by atoms with van der Waals surface area (Å²) in [5, 5.41) is 34.5. The summed E-state index contributed by atoms with van der Waals surface area (Å²) in [6, 6.07) is 0. The summed E-state index contributed by atoms with van der Waals surface area (Å²) >= 11 is 0. The van der Waals surface area contributed by atoms with E-state index in [9.17, 15) is 30.3 Å². The van der Waals surface area contributed by atoms with Crippen molar-refractivity contribution in [1.82, 2.24) is 5.23 Å². The fourth-order valence-electron chi connectivity index (χ4n) is 2.58. The van der Waals surface area contributed by atoms with Gasteiger partial charge in [0.15, 0.2) is 5.60 Å². The molecule has 1 saturated carbocycles. The standard InChI is InChI=1S/C12H20N4O8/c1-9(2,13(17)18)10(3,4)23-16-12(14(19)20,15(21)22)8-11(24-16)6-5-7-11/h5-8H2,1-4H3. The largest absolute Gasteiger partial charge is 0.569 e. The zero-order valence-corrected chi connectivity index (χ0v) is 13.9. The highest BCUT2D eigenvalue weighted by Crippen LogP contribution is 2.51. The molecule has 12 heteroatoms. The molecule has 0 unspecified atom stereocenters. The first kappa shape index (κ1) is 18.4. The van der Waals surface area contributed by atoms with Crippen molar-refractivity contribution >= 4 is 0 Å². The second kappa shape index (κ2) is 5.29. The number of hydrogen-bond acceptors (Lipinski definition) is 9. The molecule has 1 aliphatic carbocycles. The van der Waals surface area contributed by atoms with E-state index in [4.69, 9.17) is 9.68 Å². The van der Waals surface area contributed by atoms with Gasteiger partial charge in [0.1, 0.15) is 21.9 Å². The number of hydroxylamine groups is 2. The summed E-state index contributed by atoms with van der Waals surface area (Å²) < 4.78 is 0. The molecule has 0 bridgehead atoms. The predicted octanol–water partition coefficient (Wildman–Crippen LogP) is 1.52. The van der Waals surface area contributed by atoms with Crippen LogP contribution in [0.5, 0.6) is 0 Å². The van der Waals surface area contributed by atoms with Crippen molar-refractivity contribution in [2.24, 2.45) is 0 Å². The molecule has 0 radical (unpaired) electrons. The van der Waals surface area contributed by atoms with Gasteiger partial charge in [-0.05, 0) is 33.1 Å². The maximum atomic E-state index is 11.5. The number of hydrogen-bond donors (Lipinski definition) is 0. The van der Waals surface area contributed by atoms with Gasteiger partial charge in [0, 0.05) is 18.8 Å². The Morgan fingerprint density at radius 2 is 1.54 bits per heavy atom. The molecule has 24 heavy (non-hydrogen) atoms. The second-order valence-electron chi connectivity index (χ2n) is 7.27. The van der Waals surface area contributed by atoms with Crippen LogP contribution in [-0.2, 0) is 9.68 Å². The summed E-state index contributed by atoms with van der Waals surface area (Å²) in [5.41, 5.74) is -4.32. The molecule has 2 aliphatic rings. The lowest BCUT2D eigenvalue weighted by atomic mass is 9.77. The average molecular weight is 348 g/mol. The van der Waals surface area contributed by atoms with Crippen molar-refractivity contribution in [1.29, 1.82) is 0 Å². The van der Waals surface area contributed by atoms with E-state index in [0.717, 1.165) is 6.42 Å². The van der Waals surface area contributed by atoms with E-state index in [1.807, 2.05) is 0 Å². The third-order valence-electron chi connectivity index (χ3n) is 5.22. The van der Waals surface area contributed by atoms with Gasteiger partial charge in [-0.1, -0.05) is 0 Å². The predicted molar refractivity (Wildman–Crippen MR) is 77.1 cm³/mol. The molecule has 136 valence electrons. The summed E-state index contributed by atoms with van der Waals surface area (Å²) in [5.74, 6) is -2.83. The molecule has 1 saturated heterocycles. The summed E-state index contributed by atoms with van der Waals surface area (Å²) in [6.07, 6.45) is 1.10. The zero-order chi connectivity index (χ0) is 18.6. The Bertz CT molecular complexity index is 572. The minimum Gasteiger partial charge on any atom is -0.264 e. The lowest BCUT2D eigenvalue weighted by Crippen LogP contribution is -2.62. The van der Waals surface area contributed by atoms with Crippen LogP contribution in [0.3, 0.4) is 0 Å². The quantitative estimate of drug-likeness (QED) is 0.395. The zero-order valence-electron chi connectivity index (χ0n) is 13.9. The van der Waals surface area contributed by atoms with Gasteiger partial charge in [-0.2, -0.15) is 0 Å². The smallest absolute Gasteiger partial charge is 0.264 e. The maximum Gasteiger partial charge on any atom is 0.569 e. The van der Waals surface area contributed by atoms with Crippen molar-refractivity contribution in [2.45, 2.75) is 75.9 Å². The van der Waals surface area contributed by atoms with Crippen LogP contribution >= 0.6 is 0 Å². The molecule has 0 amide bonds. The van der Waals surface area contributed by atoms with Gasteiger partial charge < -0.3 is 0 Å². The van der Waals surface area contributed by atoms with E-state index >= 15 is 0 Å². The van der Waals surface area contributed by atoms with Crippen molar-refractivity contribution in [3.8, 4) is 0 Å². The van der Waals surface area contributed by atoms with Crippen molar-refractivity contribution in [3.05, 3.63) is 30.3 Å². The van der Waals surface area contributed by atoms with Gasteiger partial charge in [0.2, 0.25) is 5.54 Å². The van der Waals surface area contributed by atoms with Crippen LogP contribution in [-0.4, -0.2) is 42.5 Å². The molecule has 1 heterocycles. The Morgan fingerprint density at radius 3 is 1.88 bits per heavy atom. The lowest BCUT2D eigenvalue weighted by molar-refractivity contribution is -0.854. The van der Waals surface area contributed by atoms with Crippen LogP contribution in [0.4, 0.5) is 0 Å². The van der Waals surface area contributed by atoms with E-state index in [1.54, 1.807) is 0 Å². The third-order valence-corrected chi connectivity index (χ3v) is 5.22. The number of rotatable bonds is 6. The second-order valence-corrected chi connectivity index (χ2v) is 7.27. The SMILES string of the molecule is CC(C)(ON1OC2(CCC2)CC1([N+](=O)[O-])[N+](=O)[O-])C(C)(C)[N+](=O)[O-]. The highest BCUT2D eigenvalue weighted by atomic mass is 17.0. The Hall–Kier alpha value is -1.92. The minimum atomic E-state index is -2.83. The van der Waals surface area contributed by atoms with E-state index in [1.165, 1.54) is 27.7 Å². The molecule has 0 N–H and O–H groups in total. The molecule has 2 rings (SSSR count). The molecule has 0 aromatic rings. The molecule has 0 aromatic heterocycles. The van der Waals surface area contributed by atoms with Crippen LogP contribution < -0.4 is 0 Å². The Labute approximate surface area is 137 Å². The molecular formula is C12H20N4O8. The first-order valence-electron chi connectivity index (χ1n) is 7.43. The van der Waals surface area contributed by atoms with E-state index in [0.29, 0.717) is 12.8 Å². The molecule has 1 aliphatic heterocycles. The van der Waals surface area contributed by atoms with Gasteiger partial charge in [0.25, 0.3) is 0 Å². The van der Waals surface area contributed by atoms with Crippen molar-refractivity contribution in [2.75, 3.05) is 0 Å². The summed E-state index contributed by atoms with van der Waals surface area (Å²) in [7, 11) is 0. The topological polar surface area (TPSA) is 151 Å². The van der Waals surface area contributed by atoms with Crippen molar-refractivity contribution < 1.29 is 24.4 Å². The first-order valence-corrected chi connectivity index (χ1v) is 7.43.